The molecule has 64 heavy (non-hydrogen) atoms. The van der Waals surface area contributed by atoms with Crippen molar-refractivity contribution in [3.8, 4) is 22.5 Å². The van der Waals surface area contributed by atoms with Gasteiger partial charge in [-0.15, -0.1) is 22.7 Å². The summed E-state index contributed by atoms with van der Waals surface area (Å²) in [5, 5.41) is 10.2. The molecule has 7 atom stereocenters. The molecule has 5 aromatic rings. The van der Waals surface area contributed by atoms with Crippen LogP contribution in [-0.4, -0.2) is 98.7 Å². The van der Waals surface area contributed by atoms with Crippen LogP contribution in [0, 0.1) is 23.2 Å². The molecule has 3 aliphatic heterocycles. The maximum Gasteiger partial charge on any atom is 0.324 e. The number of likely N-dealkylation sites (tertiary alicyclic amines) is 1. The lowest BCUT2D eigenvalue weighted by Gasteiger charge is -2.42. The van der Waals surface area contributed by atoms with Crippen molar-refractivity contribution in [1.29, 1.82) is 0 Å². The fraction of sp³-hybridized carbons (Fsp3) is 0.542. The molecule has 2 saturated heterocycles. The quantitative estimate of drug-likeness (QED) is 0.136. The standard InChI is InChI=1S/C48H58N8O6S2/c1-26-27(2)39(26)44(57)52-41-43(61-21-30-22-63-25-50-30)45-51-37(23-64-45)29-11-14-38-34(17-29)35(18-48(4,5)24-62-47(59)36-10-8-16-55(53-36)46(41)58)42(33-9-7-15-49-40(33)28(3)60-6)56(38)32-19-54(20-32)31-12-13-31/h7,9,11,14-15,17,22-23,25-28,31-32,36,39,41,43,53H,8,10,12-13,16,18-21,24H2,1-6H3,(H,52,57)/t26-,27+,28-,36-,39?,41-,43-/m0/s1. The molecule has 0 radical (unpaired) electrons. The second-order valence-electron chi connectivity index (χ2n) is 19.4. The van der Waals surface area contributed by atoms with Gasteiger partial charge >= 0.3 is 5.97 Å². The summed E-state index contributed by atoms with van der Waals surface area (Å²) in [5.74, 6) is -0.856. The number of methoxy groups -OCH3 is 1. The van der Waals surface area contributed by atoms with Crippen LogP contribution in [0.25, 0.3) is 33.4 Å². The van der Waals surface area contributed by atoms with Gasteiger partial charge in [0.1, 0.15) is 23.2 Å². The maximum absolute atomic E-state index is 14.9. The topological polar surface area (TPSA) is 153 Å². The SMILES string of the molecule is CO[C@@H](C)c1ncccc1-c1c2c3cc(ccc3n1C1CN(C3CC3)C1)-c1csc(n1)[C@@H](OCc1cscn1)[C@H](NC(=O)C1[C@@H](C)[C@H]1C)C(=O)N1CCC[C@H](N1)C(=O)OCC(C)(C)C2. The van der Waals surface area contributed by atoms with Gasteiger partial charge in [-0.1, -0.05) is 33.8 Å². The molecule has 10 rings (SSSR count). The highest BCUT2D eigenvalue weighted by atomic mass is 32.1. The zero-order valence-electron chi connectivity index (χ0n) is 37.4. The molecule has 2 saturated carbocycles. The number of aromatic nitrogens is 4. The first kappa shape index (κ1) is 43.3. The number of benzene rings is 1. The summed E-state index contributed by atoms with van der Waals surface area (Å²) in [5.41, 5.74) is 12.1. The summed E-state index contributed by atoms with van der Waals surface area (Å²) in [6.45, 7) is 13.0. The first-order valence-corrected chi connectivity index (χ1v) is 24.6. The van der Waals surface area contributed by atoms with Crippen LogP contribution in [0.5, 0.6) is 0 Å². The molecule has 5 aliphatic rings. The molecule has 14 nitrogen and oxygen atoms in total. The summed E-state index contributed by atoms with van der Waals surface area (Å²) in [7, 11) is 1.72. The molecular formula is C48H58N8O6S2. The predicted octanol–water partition coefficient (Wildman–Crippen LogP) is 7.28. The number of pyridine rings is 1. The number of amides is 2. The van der Waals surface area contributed by atoms with Gasteiger partial charge in [-0.25, -0.2) is 15.4 Å². The molecule has 4 aromatic heterocycles. The minimum Gasteiger partial charge on any atom is -0.464 e. The molecule has 16 heteroatoms. The van der Waals surface area contributed by atoms with Crippen LogP contribution in [0.3, 0.4) is 0 Å². The summed E-state index contributed by atoms with van der Waals surface area (Å²) >= 11 is 2.87. The Bertz CT molecular complexity index is 2540. The summed E-state index contributed by atoms with van der Waals surface area (Å²) in [6.07, 6.45) is 4.82. The second kappa shape index (κ2) is 17.3. The van der Waals surface area contributed by atoms with Crippen molar-refractivity contribution in [2.24, 2.45) is 23.2 Å². The normalized spacial score (nSPS) is 26.9. The van der Waals surface area contributed by atoms with E-state index in [1.807, 2.05) is 29.9 Å². The Kier molecular flexibility index (Phi) is 11.7. The van der Waals surface area contributed by atoms with Crippen LogP contribution in [0.2, 0.25) is 0 Å². The number of hydrogen-bond donors (Lipinski definition) is 2. The largest absolute Gasteiger partial charge is 0.464 e. The van der Waals surface area contributed by atoms with Gasteiger partial charge in [0.05, 0.1) is 53.6 Å². The molecule has 1 unspecified atom stereocenters. The smallest absolute Gasteiger partial charge is 0.324 e. The van der Waals surface area contributed by atoms with Crippen LogP contribution >= 0.6 is 22.7 Å². The van der Waals surface area contributed by atoms with Crippen LogP contribution < -0.4 is 10.7 Å². The highest BCUT2D eigenvalue weighted by Crippen LogP contribution is 2.47. The summed E-state index contributed by atoms with van der Waals surface area (Å²) in [6, 6.07) is 9.79. The molecule has 0 spiro atoms. The number of rotatable bonds is 10. The maximum atomic E-state index is 14.9. The lowest BCUT2D eigenvalue weighted by molar-refractivity contribution is -0.157. The molecule has 338 valence electrons. The molecule has 7 heterocycles. The number of hydrazine groups is 1. The Labute approximate surface area is 382 Å². The Hall–Kier alpha value is -4.58. The van der Waals surface area contributed by atoms with Gasteiger partial charge in [0.25, 0.3) is 5.91 Å². The number of esters is 1. The average molecular weight is 907 g/mol. The van der Waals surface area contributed by atoms with E-state index >= 15 is 0 Å². The Morgan fingerprint density at radius 3 is 2.62 bits per heavy atom. The van der Waals surface area contributed by atoms with Crippen LogP contribution in [-0.2, 0) is 41.6 Å². The fourth-order valence-electron chi connectivity index (χ4n) is 10.0. The third-order valence-electron chi connectivity index (χ3n) is 14.2. The average Bonchev–Trinajstić information content (AvgIpc) is 3.96. The second-order valence-corrected chi connectivity index (χ2v) is 21.0. The van der Waals surface area contributed by atoms with E-state index in [-0.39, 0.29) is 49.0 Å². The van der Waals surface area contributed by atoms with Crippen molar-refractivity contribution in [2.45, 2.75) is 110 Å². The molecule has 6 bridgehead atoms. The van der Waals surface area contributed by atoms with Crippen molar-refractivity contribution in [3.63, 3.8) is 0 Å². The van der Waals surface area contributed by atoms with Crippen molar-refractivity contribution in [3.05, 3.63) is 74.8 Å². The van der Waals surface area contributed by atoms with Crippen LogP contribution in [0.15, 0.2) is 52.8 Å². The molecule has 2 N–H and O–H groups in total. The fourth-order valence-corrected chi connectivity index (χ4v) is 11.5. The zero-order chi connectivity index (χ0) is 44.4. The first-order valence-electron chi connectivity index (χ1n) is 22.8. The molecule has 4 fully saturated rings. The van der Waals surface area contributed by atoms with Gasteiger partial charge in [-0.05, 0) is 80.7 Å². The number of hydrogen-bond acceptors (Lipinski definition) is 13. The Morgan fingerprint density at radius 2 is 1.89 bits per heavy atom. The molecule has 2 aliphatic carbocycles. The zero-order valence-corrected chi connectivity index (χ0v) is 39.0. The number of cyclic esters (lactones) is 1. The van der Waals surface area contributed by atoms with Gasteiger partial charge in [0, 0.05) is 83.1 Å². The summed E-state index contributed by atoms with van der Waals surface area (Å²) < 4.78 is 21.3. The lowest BCUT2D eigenvalue weighted by atomic mass is 9.84. The number of nitrogens with one attached hydrogen (secondary N) is 2. The van der Waals surface area contributed by atoms with Crippen molar-refractivity contribution < 1.29 is 28.6 Å². The van der Waals surface area contributed by atoms with E-state index in [2.05, 4.69) is 77.2 Å². The highest BCUT2D eigenvalue weighted by Gasteiger charge is 2.50. The van der Waals surface area contributed by atoms with E-state index in [4.69, 9.17) is 24.2 Å². The van der Waals surface area contributed by atoms with Crippen LogP contribution in [0.1, 0.15) is 101 Å². The minimum absolute atomic E-state index is 0.111. The highest BCUT2D eigenvalue weighted by molar-refractivity contribution is 7.10. The van der Waals surface area contributed by atoms with Gasteiger partial charge < -0.3 is 24.1 Å². The Morgan fingerprint density at radius 1 is 1.08 bits per heavy atom. The molecule has 1 aromatic carbocycles. The first-order chi connectivity index (χ1) is 30.9. The van der Waals surface area contributed by atoms with Gasteiger partial charge in [-0.3, -0.25) is 29.3 Å². The van der Waals surface area contributed by atoms with Crippen molar-refractivity contribution >= 4 is 51.4 Å². The minimum atomic E-state index is -1.14. The van der Waals surface area contributed by atoms with E-state index < -0.39 is 35.5 Å². The number of carbonyl (C=O) groups is 3. The van der Waals surface area contributed by atoms with Gasteiger partial charge in [-0.2, -0.15) is 0 Å². The summed E-state index contributed by atoms with van der Waals surface area (Å²) in [4.78, 5) is 60.1. The monoisotopic (exact) mass is 906 g/mol. The Balaban J connectivity index is 1.13. The number of thiazole rings is 2. The van der Waals surface area contributed by atoms with Gasteiger partial charge in [0.15, 0.2) is 0 Å². The third kappa shape index (κ3) is 8.30. The molecule has 2 amide bonds. The van der Waals surface area contributed by atoms with Gasteiger partial charge in [0.2, 0.25) is 5.91 Å². The van der Waals surface area contributed by atoms with Crippen molar-refractivity contribution in [1.82, 2.24) is 40.2 Å². The number of nitrogens with zero attached hydrogens (tertiary/aromatic N) is 6. The van der Waals surface area contributed by atoms with Crippen LogP contribution in [0.4, 0.5) is 0 Å². The lowest BCUT2D eigenvalue weighted by Crippen LogP contribution is -2.61. The van der Waals surface area contributed by atoms with E-state index in [1.165, 1.54) is 40.5 Å². The number of fused-ring (bicyclic) bond motifs is 6. The van der Waals surface area contributed by atoms with E-state index in [1.54, 1.807) is 12.6 Å². The third-order valence-corrected chi connectivity index (χ3v) is 15.7. The number of carbonyl (C=O) groups excluding carboxylic acids is 3. The van der Waals surface area contributed by atoms with Crippen molar-refractivity contribution in [2.75, 3.05) is 33.4 Å². The number of ether oxygens (including phenoxy) is 3. The van der Waals surface area contributed by atoms with E-state index in [9.17, 15) is 14.4 Å². The molecular weight excluding hydrogens is 849 g/mol. The predicted molar refractivity (Wildman–Crippen MR) is 245 cm³/mol. The van der Waals surface area contributed by atoms with E-state index in [0.717, 1.165) is 57.8 Å². The van der Waals surface area contributed by atoms with E-state index in [0.29, 0.717) is 42.6 Å².